The minimum absolute atomic E-state index is 0.00585. The van der Waals surface area contributed by atoms with Crippen molar-refractivity contribution in [2.24, 2.45) is 0 Å². The van der Waals surface area contributed by atoms with E-state index in [2.05, 4.69) is 15.4 Å². The second-order valence-electron chi connectivity index (χ2n) is 7.12. The average Bonchev–Trinajstić information content (AvgIpc) is 2.90. The average molecular weight is 425 g/mol. The number of carbonyl (C=O) groups is 3. The molecule has 0 radical (unpaired) electrons. The predicted molar refractivity (Wildman–Crippen MR) is 111 cm³/mol. The zero-order chi connectivity index (χ0) is 21.4. The molecule has 29 heavy (non-hydrogen) atoms. The summed E-state index contributed by atoms with van der Waals surface area (Å²) in [4.78, 5) is 38.0. The highest BCUT2D eigenvalue weighted by molar-refractivity contribution is 7.92. The number of anilines is 2. The fourth-order valence-electron chi connectivity index (χ4n) is 3.16. The zero-order valence-corrected chi connectivity index (χ0v) is 17.6. The van der Waals surface area contributed by atoms with E-state index in [4.69, 9.17) is 0 Å². The molecule has 0 bridgehead atoms. The van der Waals surface area contributed by atoms with Crippen LogP contribution in [0.2, 0.25) is 0 Å². The van der Waals surface area contributed by atoms with Gasteiger partial charge >= 0.3 is 0 Å². The molecule has 0 aliphatic carbocycles. The van der Waals surface area contributed by atoms with Gasteiger partial charge in [0.1, 0.15) is 0 Å². The molecule has 10 heteroatoms. The quantitative estimate of drug-likeness (QED) is 0.612. The minimum atomic E-state index is -3.60. The van der Waals surface area contributed by atoms with E-state index in [1.165, 1.54) is 25.1 Å². The molecule has 0 atom stereocenters. The summed E-state index contributed by atoms with van der Waals surface area (Å²) < 4.78 is 25.5. The smallest absolute Gasteiger partial charge is 0.253 e. The fraction of sp³-hybridized carbons (Fsp3) is 0.526. The summed E-state index contributed by atoms with van der Waals surface area (Å²) in [6, 6.07) is 4.29. The van der Waals surface area contributed by atoms with Crippen LogP contribution in [0.3, 0.4) is 0 Å². The Kier molecular flexibility index (Phi) is 8.00. The number of amides is 3. The van der Waals surface area contributed by atoms with Gasteiger partial charge in [0.2, 0.25) is 21.8 Å². The lowest BCUT2D eigenvalue weighted by molar-refractivity contribution is -0.131. The molecule has 2 rings (SSSR count). The van der Waals surface area contributed by atoms with Crippen LogP contribution in [-0.4, -0.2) is 56.9 Å². The lowest BCUT2D eigenvalue weighted by Gasteiger charge is -2.20. The summed E-state index contributed by atoms with van der Waals surface area (Å²) in [7, 11) is -3.60. The first-order valence-corrected chi connectivity index (χ1v) is 11.5. The van der Waals surface area contributed by atoms with Gasteiger partial charge in [-0.1, -0.05) is 12.8 Å². The number of carbonyl (C=O) groups excluding carboxylic acids is 3. The van der Waals surface area contributed by atoms with Crippen LogP contribution in [0.5, 0.6) is 0 Å². The Bertz CT molecular complexity index is 861. The van der Waals surface area contributed by atoms with E-state index < -0.39 is 15.9 Å². The van der Waals surface area contributed by atoms with E-state index in [9.17, 15) is 22.8 Å². The van der Waals surface area contributed by atoms with E-state index in [1.54, 1.807) is 0 Å². The Morgan fingerprint density at radius 2 is 1.72 bits per heavy atom. The van der Waals surface area contributed by atoms with Crippen molar-refractivity contribution in [1.82, 2.24) is 10.2 Å². The molecule has 1 saturated heterocycles. The van der Waals surface area contributed by atoms with E-state index in [1.807, 2.05) is 4.90 Å². The van der Waals surface area contributed by atoms with Crippen molar-refractivity contribution in [2.75, 3.05) is 35.9 Å². The molecular weight excluding hydrogens is 396 g/mol. The fourth-order valence-corrected chi connectivity index (χ4v) is 3.74. The first-order valence-electron chi connectivity index (χ1n) is 9.61. The molecular formula is C19H28N4O5S. The highest BCUT2D eigenvalue weighted by Crippen LogP contribution is 2.22. The SMILES string of the molecule is CC(=O)Nc1ccc(NS(C)(=O)=O)c(C(=O)NCCC(=O)N2CCCCCC2)c1. The van der Waals surface area contributed by atoms with Crippen LogP contribution in [0.25, 0.3) is 0 Å². The second-order valence-corrected chi connectivity index (χ2v) is 8.87. The molecule has 1 fully saturated rings. The summed E-state index contributed by atoms with van der Waals surface area (Å²) in [5, 5.41) is 5.21. The van der Waals surface area contributed by atoms with Crippen LogP contribution in [0.1, 0.15) is 49.4 Å². The Morgan fingerprint density at radius 1 is 1.07 bits per heavy atom. The van der Waals surface area contributed by atoms with Gasteiger partial charge in [-0.05, 0) is 31.0 Å². The summed E-state index contributed by atoms with van der Waals surface area (Å²) in [6.07, 6.45) is 5.40. The van der Waals surface area contributed by atoms with Crippen molar-refractivity contribution in [2.45, 2.75) is 39.0 Å². The third-order valence-electron chi connectivity index (χ3n) is 4.46. The molecule has 0 saturated carbocycles. The first-order chi connectivity index (χ1) is 13.7. The second kappa shape index (κ2) is 10.2. The highest BCUT2D eigenvalue weighted by atomic mass is 32.2. The van der Waals surface area contributed by atoms with Gasteiger partial charge in [0, 0.05) is 38.7 Å². The van der Waals surface area contributed by atoms with Gasteiger partial charge in [-0.3, -0.25) is 19.1 Å². The van der Waals surface area contributed by atoms with Crippen LogP contribution < -0.4 is 15.4 Å². The van der Waals surface area contributed by atoms with Gasteiger partial charge in [0.15, 0.2) is 0 Å². The molecule has 3 N–H and O–H groups in total. The Hall–Kier alpha value is -2.62. The molecule has 1 aromatic rings. The summed E-state index contributed by atoms with van der Waals surface area (Å²) in [5.41, 5.74) is 0.518. The maximum atomic E-state index is 12.6. The molecule has 0 aromatic heterocycles. The largest absolute Gasteiger partial charge is 0.351 e. The van der Waals surface area contributed by atoms with E-state index >= 15 is 0 Å². The molecule has 1 aliphatic rings. The number of rotatable bonds is 7. The standard InChI is InChI=1S/C19H28N4O5S/c1-14(24)21-15-7-8-17(22-29(2,27)28)16(13-15)19(26)20-10-9-18(25)23-11-5-3-4-6-12-23/h7-8,13,22H,3-6,9-12H2,1-2H3,(H,20,26)(H,21,24). The Balaban J connectivity index is 2.04. The maximum Gasteiger partial charge on any atom is 0.253 e. The number of sulfonamides is 1. The Labute approximate surface area is 171 Å². The van der Waals surface area contributed by atoms with Crippen molar-refractivity contribution >= 4 is 39.1 Å². The van der Waals surface area contributed by atoms with Crippen LogP contribution in [0.15, 0.2) is 18.2 Å². The number of nitrogens with zero attached hydrogens (tertiary/aromatic N) is 1. The van der Waals surface area contributed by atoms with Gasteiger partial charge in [-0.2, -0.15) is 0 Å². The molecule has 9 nitrogen and oxygen atoms in total. The number of nitrogens with one attached hydrogen (secondary N) is 3. The van der Waals surface area contributed by atoms with Crippen molar-refractivity contribution in [3.05, 3.63) is 23.8 Å². The Morgan fingerprint density at radius 3 is 2.31 bits per heavy atom. The van der Waals surface area contributed by atoms with Crippen molar-refractivity contribution in [3.63, 3.8) is 0 Å². The van der Waals surface area contributed by atoms with Gasteiger partial charge in [0.05, 0.1) is 17.5 Å². The predicted octanol–water partition coefficient (Wildman–Crippen LogP) is 1.54. The minimum Gasteiger partial charge on any atom is -0.351 e. The molecule has 0 unspecified atom stereocenters. The summed E-state index contributed by atoms with van der Waals surface area (Å²) >= 11 is 0. The number of likely N-dealkylation sites (tertiary alicyclic amines) is 1. The lowest BCUT2D eigenvalue weighted by atomic mass is 10.1. The number of hydrogen-bond donors (Lipinski definition) is 3. The normalized spacial score (nSPS) is 14.6. The maximum absolute atomic E-state index is 12.6. The summed E-state index contributed by atoms with van der Waals surface area (Å²) in [6.45, 7) is 2.95. The molecule has 1 heterocycles. The van der Waals surface area contributed by atoms with Gasteiger partial charge < -0.3 is 15.5 Å². The molecule has 3 amide bonds. The van der Waals surface area contributed by atoms with Crippen LogP contribution in [-0.2, 0) is 19.6 Å². The zero-order valence-electron chi connectivity index (χ0n) is 16.8. The van der Waals surface area contributed by atoms with Crippen molar-refractivity contribution in [3.8, 4) is 0 Å². The van der Waals surface area contributed by atoms with Gasteiger partial charge in [-0.25, -0.2) is 8.42 Å². The van der Waals surface area contributed by atoms with E-state index in [0.29, 0.717) is 5.69 Å². The third-order valence-corrected chi connectivity index (χ3v) is 5.05. The molecule has 1 aliphatic heterocycles. The van der Waals surface area contributed by atoms with Crippen molar-refractivity contribution < 1.29 is 22.8 Å². The monoisotopic (exact) mass is 424 g/mol. The van der Waals surface area contributed by atoms with Crippen LogP contribution in [0, 0.1) is 0 Å². The van der Waals surface area contributed by atoms with Gasteiger partial charge in [-0.15, -0.1) is 0 Å². The molecule has 0 spiro atoms. The first kappa shape index (κ1) is 22.7. The number of hydrogen-bond acceptors (Lipinski definition) is 5. The number of benzene rings is 1. The summed E-state index contributed by atoms with van der Waals surface area (Å²) in [5.74, 6) is -0.857. The highest BCUT2D eigenvalue weighted by Gasteiger charge is 2.18. The third kappa shape index (κ3) is 7.72. The van der Waals surface area contributed by atoms with Crippen LogP contribution in [0.4, 0.5) is 11.4 Å². The van der Waals surface area contributed by atoms with Gasteiger partial charge in [0.25, 0.3) is 5.91 Å². The van der Waals surface area contributed by atoms with E-state index in [-0.39, 0.29) is 36.0 Å². The lowest BCUT2D eigenvalue weighted by Crippen LogP contribution is -2.35. The van der Waals surface area contributed by atoms with Crippen molar-refractivity contribution in [1.29, 1.82) is 0 Å². The molecule has 1 aromatic carbocycles. The topological polar surface area (TPSA) is 125 Å². The van der Waals surface area contributed by atoms with E-state index in [0.717, 1.165) is 45.0 Å². The molecule has 160 valence electrons. The van der Waals surface area contributed by atoms with Crippen LogP contribution >= 0.6 is 0 Å².